The molecule has 0 aliphatic carbocycles. The molecule has 1 atom stereocenters. The normalized spacial score (nSPS) is 12.0. The number of rotatable bonds is 7. The Bertz CT molecular complexity index is 877. The molecule has 2 N–H and O–H groups in total. The van der Waals surface area contributed by atoms with Crippen LogP contribution in [-0.4, -0.2) is 21.9 Å². The van der Waals surface area contributed by atoms with Gasteiger partial charge in [0.1, 0.15) is 5.76 Å². The van der Waals surface area contributed by atoms with E-state index < -0.39 is 0 Å². The van der Waals surface area contributed by atoms with Crippen LogP contribution in [0.15, 0.2) is 45.4 Å². The molecule has 2 aromatic heterocycles. The summed E-state index contributed by atoms with van der Waals surface area (Å²) in [6.45, 7) is 6.00. The number of nitrogens with one attached hydrogen (secondary N) is 2. The van der Waals surface area contributed by atoms with Gasteiger partial charge in [-0.2, -0.15) is 0 Å². The van der Waals surface area contributed by atoms with E-state index >= 15 is 0 Å². The highest BCUT2D eigenvalue weighted by atomic mass is 32.2. The Balaban J connectivity index is 1.51. The van der Waals surface area contributed by atoms with E-state index in [0.29, 0.717) is 5.13 Å². The van der Waals surface area contributed by atoms with Gasteiger partial charge in [0.25, 0.3) is 0 Å². The molecule has 0 bridgehead atoms. The summed E-state index contributed by atoms with van der Waals surface area (Å²) in [7, 11) is 0. The number of aryl methyl sites for hydroxylation is 2. The molecule has 2 heterocycles. The molecule has 0 aliphatic heterocycles. The number of carbonyl (C=O) groups is 1. The predicted octanol–water partition coefficient (Wildman–Crippen LogP) is 4.46. The van der Waals surface area contributed by atoms with E-state index in [9.17, 15) is 4.79 Å². The smallest absolute Gasteiger partial charge is 0.231 e. The van der Waals surface area contributed by atoms with E-state index in [-0.39, 0.29) is 17.7 Å². The molecule has 0 saturated heterocycles. The summed E-state index contributed by atoms with van der Waals surface area (Å²) in [5.41, 5.74) is 3.38. The summed E-state index contributed by atoms with van der Waals surface area (Å²) in [5.74, 6) is 0.945. The molecule has 0 fully saturated rings. The number of furan rings is 1. The number of carbonyl (C=O) groups excluding carboxylic acids is 1. The Hall–Kier alpha value is -2.32. The summed E-state index contributed by atoms with van der Waals surface area (Å²) < 4.78 is 6.03. The summed E-state index contributed by atoms with van der Waals surface area (Å²) in [6.07, 6.45) is 1.60. The molecule has 0 aliphatic rings. The van der Waals surface area contributed by atoms with Crippen LogP contribution in [-0.2, 0) is 4.79 Å². The SMILES string of the molecule is Cc1ccc(Nc2nnc(SCC(=O)N[C@H](C)c3ccco3)s2)c(C)c1. The third kappa shape index (κ3) is 4.86. The minimum absolute atomic E-state index is 0.0713. The maximum atomic E-state index is 12.1. The Morgan fingerprint density at radius 1 is 1.31 bits per heavy atom. The summed E-state index contributed by atoms with van der Waals surface area (Å²) in [4.78, 5) is 12.1. The Kier molecular flexibility index (Phi) is 5.95. The molecule has 8 heteroatoms. The van der Waals surface area contributed by atoms with Crippen LogP contribution in [0.5, 0.6) is 0 Å². The minimum atomic E-state index is -0.158. The molecule has 3 aromatic rings. The van der Waals surface area contributed by atoms with E-state index in [2.05, 4.69) is 46.8 Å². The van der Waals surface area contributed by atoms with Gasteiger partial charge < -0.3 is 15.1 Å². The van der Waals surface area contributed by atoms with Gasteiger partial charge >= 0.3 is 0 Å². The topological polar surface area (TPSA) is 80.0 Å². The number of nitrogens with zero attached hydrogens (tertiary/aromatic N) is 2. The summed E-state index contributed by atoms with van der Waals surface area (Å²) in [6, 6.07) is 9.68. The molecule has 136 valence electrons. The minimum Gasteiger partial charge on any atom is -0.467 e. The number of hydrogen-bond acceptors (Lipinski definition) is 7. The van der Waals surface area contributed by atoms with Gasteiger partial charge in [0.05, 0.1) is 18.1 Å². The van der Waals surface area contributed by atoms with Crippen molar-refractivity contribution in [2.75, 3.05) is 11.1 Å². The van der Waals surface area contributed by atoms with Gasteiger partial charge in [-0.15, -0.1) is 10.2 Å². The fraction of sp³-hybridized carbons (Fsp3) is 0.278. The zero-order valence-electron chi connectivity index (χ0n) is 14.8. The quantitative estimate of drug-likeness (QED) is 0.582. The Morgan fingerprint density at radius 3 is 2.88 bits per heavy atom. The molecule has 0 spiro atoms. The average molecular weight is 389 g/mol. The fourth-order valence-corrected chi connectivity index (χ4v) is 3.98. The molecule has 26 heavy (non-hydrogen) atoms. The molecule has 6 nitrogen and oxygen atoms in total. The molecule has 3 rings (SSSR count). The van der Waals surface area contributed by atoms with Crippen molar-refractivity contribution in [3.63, 3.8) is 0 Å². The molecule has 1 aromatic carbocycles. The second-order valence-corrected chi connectivity index (χ2v) is 8.11. The molecular formula is C18H20N4O2S2. The average Bonchev–Trinajstić information content (AvgIpc) is 3.27. The number of amides is 1. The number of thioether (sulfide) groups is 1. The zero-order valence-corrected chi connectivity index (χ0v) is 16.4. The van der Waals surface area contributed by atoms with Crippen LogP contribution < -0.4 is 10.6 Å². The second-order valence-electron chi connectivity index (χ2n) is 5.91. The molecule has 0 unspecified atom stereocenters. The van der Waals surface area contributed by atoms with Crippen molar-refractivity contribution in [3.8, 4) is 0 Å². The lowest BCUT2D eigenvalue weighted by Gasteiger charge is -2.10. The molecule has 0 saturated carbocycles. The third-order valence-electron chi connectivity index (χ3n) is 3.70. The number of aromatic nitrogens is 2. The van der Waals surface area contributed by atoms with Gasteiger partial charge in [0, 0.05) is 5.69 Å². The van der Waals surface area contributed by atoms with E-state index in [1.807, 2.05) is 19.1 Å². The number of benzene rings is 1. The molecular weight excluding hydrogens is 368 g/mol. The maximum absolute atomic E-state index is 12.1. The fourth-order valence-electron chi connectivity index (χ4n) is 2.41. The summed E-state index contributed by atoms with van der Waals surface area (Å²) in [5, 5.41) is 15.2. The first-order valence-electron chi connectivity index (χ1n) is 8.14. The van der Waals surface area contributed by atoms with Gasteiger partial charge in [0.2, 0.25) is 11.0 Å². The second kappa shape index (κ2) is 8.37. The summed E-state index contributed by atoms with van der Waals surface area (Å²) >= 11 is 2.80. The van der Waals surface area contributed by atoms with Gasteiger partial charge in [-0.05, 0) is 44.5 Å². The lowest BCUT2D eigenvalue weighted by molar-refractivity contribution is -0.119. The molecule has 0 radical (unpaired) electrons. The first-order chi connectivity index (χ1) is 12.5. The van der Waals surface area contributed by atoms with Crippen molar-refractivity contribution >= 4 is 39.8 Å². The van der Waals surface area contributed by atoms with Crippen LogP contribution in [0.4, 0.5) is 10.8 Å². The van der Waals surface area contributed by atoms with E-state index in [1.54, 1.807) is 12.3 Å². The predicted molar refractivity (Wildman–Crippen MR) is 105 cm³/mol. The van der Waals surface area contributed by atoms with Crippen molar-refractivity contribution in [1.82, 2.24) is 15.5 Å². The first-order valence-corrected chi connectivity index (χ1v) is 9.95. The highest BCUT2D eigenvalue weighted by Crippen LogP contribution is 2.29. The largest absolute Gasteiger partial charge is 0.467 e. The van der Waals surface area contributed by atoms with Gasteiger partial charge in [-0.25, -0.2) is 0 Å². The highest BCUT2D eigenvalue weighted by Gasteiger charge is 2.13. The van der Waals surface area contributed by atoms with Crippen LogP contribution in [0, 0.1) is 13.8 Å². The lowest BCUT2D eigenvalue weighted by atomic mass is 10.1. The van der Waals surface area contributed by atoms with Crippen LogP contribution in [0.25, 0.3) is 0 Å². The van der Waals surface area contributed by atoms with Gasteiger partial charge in [-0.1, -0.05) is 40.8 Å². The standard InChI is InChI=1S/C18H20N4O2S2/c1-11-6-7-14(12(2)9-11)20-17-21-22-18(26-17)25-10-16(23)19-13(3)15-5-4-8-24-15/h4-9,13H,10H2,1-3H3,(H,19,23)(H,20,21)/t13-/m1/s1. The van der Waals surface area contributed by atoms with Crippen molar-refractivity contribution in [3.05, 3.63) is 53.5 Å². The Morgan fingerprint density at radius 2 is 2.15 bits per heavy atom. The van der Waals surface area contributed by atoms with Crippen molar-refractivity contribution in [1.29, 1.82) is 0 Å². The van der Waals surface area contributed by atoms with Crippen molar-refractivity contribution in [2.24, 2.45) is 0 Å². The monoisotopic (exact) mass is 388 g/mol. The first kappa shape index (κ1) is 18.5. The number of anilines is 2. The van der Waals surface area contributed by atoms with Crippen molar-refractivity contribution < 1.29 is 9.21 Å². The van der Waals surface area contributed by atoms with Crippen LogP contribution >= 0.6 is 23.1 Å². The number of hydrogen-bond donors (Lipinski definition) is 2. The zero-order chi connectivity index (χ0) is 18.5. The van der Waals surface area contributed by atoms with Gasteiger partial charge in [-0.3, -0.25) is 4.79 Å². The molecule has 1 amide bonds. The Labute approximate surface area is 160 Å². The van der Waals surface area contributed by atoms with Crippen LogP contribution in [0.3, 0.4) is 0 Å². The van der Waals surface area contributed by atoms with E-state index in [0.717, 1.165) is 21.4 Å². The van der Waals surface area contributed by atoms with Crippen LogP contribution in [0.2, 0.25) is 0 Å². The lowest BCUT2D eigenvalue weighted by Crippen LogP contribution is -2.27. The highest BCUT2D eigenvalue weighted by molar-refractivity contribution is 8.01. The van der Waals surface area contributed by atoms with Crippen LogP contribution in [0.1, 0.15) is 29.9 Å². The third-order valence-corrected chi connectivity index (χ3v) is 5.68. The van der Waals surface area contributed by atoms with E-state index in [1.165, 1.54) is 28.7 Å². The van der Waals surface area contributed by atoms with Gasteiger partial charge in [0.15, 0.2) is 4.34 Å². The maximum Gasteiger partial charge on any atom is 0.231 e. The van der Waals surface area contributed by atoms with E-state index in [4.69, 9.17) is 4.42 Å². The van der Waals surface area contributed by atoms with Crippen molar-refractivity contribution in [2.45, 2.75) is 31.2 Å².